The molecule has 1 aliphatic rings. The first-order valence-electron chi connectivity index (χ1n) is 13.8. The van der Waals surface area contributed by atoms with Crippen molar-refractivity contribution >= 4 is 38.2 Å². The zero-order chi connectivity index (χ0) is 30.0. The fraction of sp³-hybridized carbons (Fsp3) is 0.367. The molecule has 0 amide bonds. The minimum absolute atomic E-state index is 0.0148. The topological polar surface area (TPSA) is 138 Å². The molecule has 0 radical (unpaired) electrons. The summed E-state index contributed by atoms with van der Waals surface area (Å²) in [5.41, 5.74) is 6.10. The number of aliphatic hydroxyl groups excluding tert-OH is 2. The van der Waals surface area contributed by atoms with Gasteiger partial charge in [-0.2, -0.15) is 5.48 Å². The van der Waals surface area contributed by atoms with Crippen molar-refractivity contribution < 1.29 is 23.5 Å². The van der Waals surface area contributed by atoms with Gasteiger partial charge in [0, 0.05) is 41.8 Å². The summed E-state index contributed by atoms with van der Waals surface area (Å²) in [7, 11) is -3.71. The van der Waals surface area contributed by atoms with Crippen molar-refractivity contribution in [3.8, 4) is 17.1 Å². The SMILES string of the molecule is Cc1c(Cl)cc(ONCc2cc3nc(-c4cccc(N5C[C@@H](C)C(O)[C@@H](C)C5)n4)ccc3cn2)cc1S(=O)(=O)CCO. The van der Waals surface area contributed by atoms with Crippen LogP contribution in [0.5, 0.6) is 5.75 Å². The predicted molar refractivity (Wildman–Crippen MR) is 162 cm³/mol. The van der Waals surface area contributed by atoms with E-state index < -0.39 is 22.2 Å². The molecule has 0 aliphatic carbocycles. The number of fused-ring (bicyclic) bond motifs is 1. The Bertz CT molecular complexity index is 1690. The summed E-state index contributed by atoms with van der Waals surface area (Å²) in [4.78, 5) is 22.0. The largest absolute Gasteiger partial charge is 0.408 e. The van der Waals surface area contributed by atoms with Crippen LogP contribution in [-0.4, -0.2) is 65.1 Å². The quantitative estimate of drug-likeness (QED) is 0.238. The Morgan fingerprint density at radius 2 is 1.81 bits per heavy atom. The average molecular weight is 612 g/mol. The summed E-state index contributed by atoms with van der Waals surface area (Å²) >= 11 is 6.25. The Labute approximate surface area is 250 Å². The van der Waals surface area contributed by atoms with E-state index in [0.29, 0.717) is 11.3 Å². The van der Waals surface area contributed by atoms with Crippen molar-refractivity contribution in [1.29, 1.82) is 0 Å². The lowest BCUT2D eigenvalue weighted by atomic mass is 9.88. The van der Waals surface area contributed by atoms with E-state index in [0.717, 1.165) is 41.2 Å². The van der Waals surface area contributed by atoms with E-state index in [4.69, 9.17) is 31.5 Å². The molecule has 0 bridgehead atoms. The predicted octanol–water partition coefficient (Wildman–Crippen LogP) is 3.96. The summed E-state index contributed by atoms with van der Waals surface area (Å²) in [6.45, 7) is 6.94. The Hall–Kier alpha value is -3.35. The number of piperidine rings is 1. The zero-order valence-corrected chi connectivity index (χ0v) is 25.2. The van der Waals surface area contributed by atoms with Gasteiger partial charge >= 0.3 is 0 Å². The van der Waals surface area contributed by atoms with Crippen molar-refractivity contribution in [3.05, 3.63) is 71.0 Å². The third-order valence-corrected chi connectivity index (χ3v) is 9.75. The molecule has 0 spiro atoms. The number of benzene rings is 1. The van der Waals surface area contributed by atoms with Crippen LogP contribution >= 0.6 is 11.6 Å². The third kappa shape index (κ3) is 6.50. The van der Waals surface area contributed by atoms with E-state index in [9.17, 15) is 13.5 Å². The zero-order valence-electron chi connectivity index (χ0n) is 23.7. The summed E-state index contributed by atoms with van der Waals surface area (Å²) in [5, 5.41) is 20.6. The van der Waals surface area contributed by atoms with Crippen LogP contribution in [-0.2, 0) is 16.4 Å². The highest BCUT2D eigenvalue weighted by Crippen LogP contribution is 2.30. The second-order valence-corrected chi connectivity index (χ2v) is 13.3. The maximum absolute atomic E-state index is 12.5. The highest BCUT2D eigenvalue weighted by atomic mass is 35.5. The van der Waals surface area contributed by atoms with E-state index in [2.05, 4.69) is 29.2 Å². The first kappa shape index (κ1) is 30.1. The minimum atomic E-state index is -3.71. The summed E-state index contributed by atoms with van der Waals surface area (Å²) in [6, 6.07) is 14.5. The second kappa shape index (κ2) is 12.5. The highest BCUT2D eigenvalue weighted by Gasteiger charge is 2.31. The molecule has 3 N–H and O–H groups in total. The monoisotopic (exact) mass is 611 g/mol. The Morgan fingerprint density at radius 3 is 2.55 bits per heavy atom. The summed E-state index contributed by atoms with van der Waals surface area (Å²) in [6.07, 6.45) is 1.42. The number of nitrogens with zero attached hydrogens (tertiary/aromatic N) is 4. The van der Waals surface area contributed by atoms with Gasteiger partial charge in [-0.15, -0.1) is 0 Å². The molecule has 3 atom stereocenters. The van der Waals surface area contributed by atoms with Gasteiger partial charge < -0.3 is 20.0 Å². The van der Waals surface area contributed by atoms with Crippen molar-refractivity contribution in [2.75, 3.05) is 30.3 Å². The molecule has 10 nitrogen and oxygen atoms in total. The molecule has 12 heteroatoms. The van der Waals surface area contributed by atoms with Crippen LogP contribution in [0.25, 0.3) is 22.3 Å². The molecule has 222 valence electrons. The van der Waals surface area contributed by atoms with Gasteiger partial charge in [0.05, 0.1) is 52.5 Å². The number of aliphatic hydroxyl groups is 2. The number of halogens is 1. The molecule has 1 aromatic carbocycles. The average Bonchev–Trinajstić information content (AvgIpc) is 2.97. The molecule has 42 heavy (non-hydrogen) atoms. The van der Waals surface area contributed by atoms with Gasteiger partial charge in [0.2, 0.25) is 0 Å². The van der Waals surface area contributed by atoms with E-state index in [1.54, 1.807) is 13.1 Å². The number of rotatable bonds is 9. The van der Waals surface area contributed by atoms with Crippen LogP contribution in [0.2, 0.25) is 5.02 Å². The van der Waals surface area contributed by atoms with Crippen LogP contribution in [0.15, 0.2) is 59.6 Å². The van der Waals surface area contributed by atoms with Crippen molar-refractivity contribution in [1.82, 2.24) is 20.4 Å². The lowest BCUT2D eigenvalue weighted by Gasteiger charge is -2.39. The second-order valence-electron chi connectivity index (χ2n) is 10.8. The van der Waals surface area contributed by atoms with Crippen LogP contribution in [0, 0.1) is 18.8 Å². The molecular formula is C30H34ClN5O5S. The van der Waals surface area contributed by atoms with Gasteiger partial charge in [-0.05, 0) is 54.7 Å². The maximum atomic E-state index is 12.5. The van der Waals surface area contributed by atoms with Crippen molar-refractivity contribution in [2.24, 2.45) is 11.8 Å². The molecule has 1 fully saturated rings. The van der Waals surface area contributed by atoms with Crippen molar-refractivity contribution in [3.63, 3.8) is 0 Å². The first-order chi connectivity index (χ1) is 20.1. The first-order valence-corrected chi connectivity index (χ1v) is 15.8. The van der Waals surface area contributed by atoms with Gasteiger partial charge in [0.15, 0.2) is 9.84 Å². The number of hydrogen-bond acceptors (Lipinski definition) is 10. The van der Waals surface area contributed by atoms with Crippen LogP contribution < -0.4 is 15.2 Å². The lowest BCUT2D eigenvalue weighted by molar-refractivity contribution is 0.0527. The van der Waals surface area contributed by atoms with Crippen LogP contribution in [0.1, 0.15) is 25.1 Å². The summed E-state index contributed by atoms with van der Waals surface area (Å²) < 4.78 is 25.0. The molecule has 0 saturated carbocycles. The highest BCUT2D eigenvalue weighted by molar-refractivity contribution is 7.91. The Morgan fingerprint density at radius 1 is 1.07 bits per heavy atom. The number of sulfone groups is 1. The fourth-order valence-electron chi connectivity index (χ4n) is 5.21. The number of hydrogen-bond donors (Lipinski definition) is 3. The maximum Gasteiger partial charge on any atom is 0.181 e. The Kier molecular flexibility index (Phi) is 8.95. The van der Waals surface area contributed by atoms with E-state index in [1.165, 1.54) is 12.1 Å². The van der Waals surface area contributed by atoms with Gasteiger partial charge in [-0.3, -0.25) is 4.98 Å². The van der Waals surface area contributed by atoms with Gasteiger partial charge in [-0.25, -0.2) is 18.4 Å². The van der Waals surface area contributed by atoms with Crippen LogP contribution in [0.4, 0.5) is 5.82 Å². The standard InChI is InChI=1S/C30H34ClN5O5S/c1-18-16-36(17-19(2)30(18)38)29-6-4-5-25(35-29)26-8-7-21-14-32-22(11-27(21)34-26)15-33-41-23-12-24(31)20(3)28(13-23)42(39,40)10-9-37/h4-8,11-14,18-19,30,33,37-38H,9-10,15-17H2,1-3H3/t18-,19+,30?. The normalized spacial score (nSPS) is 19.3. The molecule has 4 heterocycles. The molecule has 1 unspecified atom stereocenters. The number of pyridine rings is 3. The van der Waals surface area contributed by atoms with Crippen molar-refractivity contribution in [2.45, 2.75) is 38.3 Å². The third-order valence-electron chi connectivity index (χ3n) is 7.54. The van der Waals surface area contributed by atoms with Crippen LogP contribution in [0.3, 0.4) is 0 Å². The number of anilines is 1. The van der Waals surface area contributed by atoms with Gasteiger partial charge in [0.1, 0.15) is 11.6 Å². The fourth-order valence-corrected chi connectivity index (χ4v) is 6.81. The smallest absolute Gasteiger partial charge is 0.181 e. The van der Waals surface area contributed by atoms with E-state index in [1.807, 2.05) is 36.4 Å². The number of hydroxylamine groups is 1. The summed E-state index contributed by atoms with van der Waals surface area (Å²) in [5.74, 6) is 0.996. The van der Waals surface area contributed by atoms with E-state index >= 15 is 0 Å². The number of aromatic nitrogens is 3. The molecule has 5 rings (SSSR count). The molecule has 4 aromatic rings. The Balaban J connectivity index is 1.31. The van der Waals surface area contributed by atoms with Gasteiger partial charge in [-0.1, -0.05) is 31.5 Å². The van der Waals surface area contributed by atoms with Gasteiger partial charge in [0.25, 0.3) is 0 Å². The molecular weight excluding hydrogens is 578 g/mol. The van der Waals surface area contributed by atoms with E-state index in [-0.39, 0.29) is 40.2 Å². The minimum Gasteiger partial charge on any atom is -0.408 e. The number of nitrogens with one attached hydrogen (secondary N) is 1. The molecule has 3 aromatic heterocycles. The lowest BCUT2D eigenvalue weighted by Crippen LogP contribution is -2.47. The molecule has 1 aliphatic heterocycles. The molecule has 1 saturated heterocycles.